The first-order valence-corrected chi connectivity index (χ1v) is 4.95. The highest BCUT2D eigenvalue weighted by molar-refractivity contribution is 5.96. The van der Waals surface area contributed by atoms with Gasteiger partial charge in [0.25, 0.3) is 5.91 Å². The smallest absolute Gasteiger partial charge is 0.252 e. The molecular formula is C10H12N6O. The summed E-state index contributed by atoms with van der Waals surface area (Å²) in [6.07, 6.45) is 1.44. The van der Waals surface area contributed by atoms with E-state index >= 15 is 0 Å². The molecule has 0 aliphatic heterocycles. The zero-order chi connectivity index (χ0) is 12.6. The number of carbonyl (C=O) groups is 1. The number of nitrogen functional groups attached to an aromatic ring is 1. The van der Waals surface area contributed by atoms with Crippen LogP contribution in [0.15, 0.2) is 12.3 Å². The molecule has 4 N–H and O–H groups in total. The zero-order valence-electron chi connectivity index (χ0n) is 9.51. The lowest BCUT2D eigenvalue weighted by atomic mass is 10.2. The summed E-state index contributed by atoms with van der Waals surface area (Å²) in [4.78, 5) is 19.5. The van der Waals surface area contributed by atoms with Crippen LogP contribution >= 0.6 is 0 Å². The van der Waals surface area contributed by atoms with Gasteiger partial charge in [-0.2, -0.15) is 4.68 Å². The predicted octanol–water partition coefficient (Wildman–Crippen LogP) is -0.0398. The third-order valence-electron chi connectivity index (χ3n) is 2.23. The van der Waals surface area contributed by atoms with Gasteiger partial charge in [0, 0.05) is 0 Å². The van der Waals surface area contributed by atoms with Crippen molar-refractivity contribution in [2.75, 3.05) is 5.73 Å². The van der Waals surface area contributed by atoms with E-state index in [0.717, 1.165) is 0 Å². The van der Waals surface area contributed by atoms with Crippen LogP contribution < -0.4 is 11.5 Å². The SMILES string of the molecule is Cc1nc(C)n(-c2ncc(N)cc2C(N)=O)n1. The van der Waals surface area contributed by atoms with E-state index in [4.69, 9.17) is 11.5 Å². The van der Waals surface area contributed by atoms with Crippen LogP contribution in [0, 0.1) is 13.8 Å². The Morgan fingerprint density at radius 2 is 2.12 bits per heavy atom. The topological polar surface area (TPSA) is 113 Å². The van der Waals surface area contributed by atoms with Gasteiger partial charge in [0.2, 0.25) is 0 Å². The van der Waals surface area contributed by atoms with Gasteiger partial charge in [-0.05, 0) is 19.9 Å². The van der Waals surface area contributed by atoms with Crippen molar-refractivity contribution < 1.29 is 4.79 Å². The second-order valence-electron chi connectivity index (χ2n) is 3.62. The summed E-state index contributed by atoms with van der Waals surface area (Å²) in [6.45, 7) is 3.52. The molecule has 0 saturated carbocycles. The molecule has 0 aromatic carbocycles. The number of hydrogen-bond donors (Lipinski definition) is 2. The minimum Gasteiger partial charge on any atom is -0.397 e. The summed E-state index contributed by atoms with van der Waals surface area (Å²) in [7, 11) is 0. The lowest BCUT2D eigenvalue weighted by Crippen LogP contribution is -2.17. The summed E-state index contributed by atoms with van der Waals surface area (Å²) in [5.74, 6) is 0.955. The molecule has 0 fully saturated rings. The molecule has 0 atom stereocenters. The number of carbonyl (C=O) groups excluding carboxylic acids is 1. The van der Waals surface area contributed by atoms with Gasteiger partial charge < -0.3 is 11.5 Å². The van der Waals surface area contributed by atoms with Crippen LogP contribution in [0.2, 0.25) is 0 Å². The molecule has 88 valence electrons. The number of anilines is 1. The molecule has 0 radical (unpaired) electrons. The van der Waals surface area contributed by atoms with Gasteiger partial charge in [-0.3, -0.25) is 4.79 Å². The highest BCUT2D eigenvalue weighted by Gasteiger charge is 2.15. The first kappa shape index (κ1) is 11.1. The van der Waals surface area contributed by atoms with E-state index in [2.05, 4.69) is 15.1 Å². The molecule has 0 aliphatic rings. The van der Waals surface area contributed by atoms with Crippen molar-refractivity contribution in [3.63, 3.8) is 0 Å². The molecule has 2 rings (SSSR count). The van der Waals surface area contributed by atoms with Crippen LogP contribution in [0.3, 0.4) is 0 Å². The molecule has 2 aromatic heterocycles. The average Bonchev–Trinajstić information content (AvgIpc) is 2.57. The maximum absolute atomic E-state index is 11.3. The van der Waals surface area contributed by atoms with E-state index in [0.29, 0.717) is 23.2 Å². The van der Waals surface area contributed by atoms with Crippen molar-refractivity contribution in [3.8, 4) is 5.82 Å². The molecule has 2 aromatic rings. The quantitative estimate of drug-likeness (QED) is 0.754. The fraction of sp³-hybridized carbons (Fsp3) is 0.200. The van der Waals surface area contributed by atoms with Crippen molar-refractivity contribution in [3.05, 3.63) is 29.5 Å². The maximum Gasteiger partial charge on any atom is 0.252 e. The Morgan fingerprint density at radius 3 is 2.65 bits per heavy atom. The highest BCUT2D eigenvalue weighted by Crippen LogP contribution is 2.15. The Labute approximate surface area is 97.5 Å². The second kappa shape index (κ2) is 3.85. The number of rotatable bonds is 2. The van der Waals surface area contributed by atoms with Gasteiger partial charge in [0.1, 0.15) is 11.6 Å². The second-order valence-corrected chi connectivity index (χ2v) is 3.62. The number of aryl methyl sites for hydroxylation is 2. The van der Waals surface area contributed by atoms with Crippen molar-refractivity contribution in [1.82, 2.24) is 19.7 Å². The van der Waals surface area contributed by atoms with Crippen LogP contribution in [-0.4, -0.2) is 25.7 Å². The highest BCUT2D eigenvalue weighted by atomic mass is 16.1. The van der Waals surface area contributed by atoms with Crippen LogP contribution in [0.1, 0.15) is 22.0 Å². The molecule has 0 bridgehead atoms. The van der Waals surface area contributed by atoms with Gasteiger partial charge in [-0.25, -0.2) is 9.97 Å². The Morgan fingerprint density at radius 1 is 1.41 bits per heavy atom. The molecule has 1 amide bonds. The van der Waals surface area contributed by atoms with Crippen LogP contribution in [0.5, 0.6) is 0 Å². The van der Waals surface area contributed by atoms with E-state index < -0.39 is 5.91 Å². The first-order valence-electron chi connectivity index (χ1n) is 4.95. The number of amides is 1. The Kier molecular flexibility index (Phi) is 2.51. The van der Waals surface area contributed by atoms with Gasteiger partial charge >= 0.3 is 0 Å². The first-order chi connectivity index (χ1) is 7.99. The lowest BCUT2D eigenvalue weighted by Gasteiger charge is -2.07. The largest absolute Gasteiger partial charge is 0.397 e. The number of hydrogen-bond acceptors (Lipinski definition) is 5. The fourth-order valence-corrected chi connectivity index (χ4v) is 1.55. The van der Waals surface area contributed by atoms with Gasteiger partial charge in [-0.15, -0.1) is 5.10 Å². The average molecular weight is 232 g/mol. The molecule has 0 saturated heterocycles. The van der Waals surface area contributed by atoms with E-state index in [9.17, 15) is 4.79 Å². The van der Waals surface area contributed by atoms with Crippen molar-refractivity contribution in [1.29, 1.82) is 0 Å². The van der Waals surface area contributed by atoms with Crippen LogP contribution in [0.25, 0.3) is 5.82 Å². The molecule has 0 aliphatic carbocycles. The normalized spacial score (nSPS) is 10.5. The molecule has 0 unspecified atom stereocenters. The van der Waals surface area contributed by atoms with E-state index in [1.54, 1.807) is 13.8 Å². The summed E-state index contributed by atoms with van der Waals surface area (Å²) in [6, 6.07) is 1.47. The van der Waals surface area contributed by atoms with E-state index in [-0.39, 0.29) is 5.56 Å². The summed E-state index contributed by atoms with van der Waals surface area (Å²) in [5, 5.41) is 4.15. The van der Waals surface area contributed by atoms with Crippen molar-refractivity contribution >= 4 is 11.6 Å². The van der Waals surface area contributed by atoms with Crippen molar-refractivity contribution in [2.45, 2.75) is 13.8 Å². The minimum absolute atomic E-state index is 0.220. The third-order valence-corrected chi connectivity index (χ3v) is 2.23. The van der Waals surface area contributed by atoms with E-state index in [1.165, 1.54) is 16.9 Å². The number of primary amides is 1. The fourth-order valence-electron chi connectivity index (χ4n) is 1.55. The van der Waals surface area contributed by atoms with Gasteiger partial charge in [0.05, 0.1) is 17.4 Å². The Bertz CT molecular complexity index is 588. The van der Waals surface area contributed by atoms with Crippen LogP contribution in [-0.2, 0) is 0 Å². The lowest BCUT2D eigenvalue weighted by molar-refractivity contribution is 0.1000. The maximum atomic E-state index is 11.3. The molecular weight excluding hydrogens is 220 g/mol. The number of pyridine rings is 1. The summed E-state index contributed by atoms with van der Waals surface area (Å²) >= 11 is 0. The third kappa shape index (κ3) is 1.94. The predicted molar refractivity (Wildman–Crippen MR) is 61.6 cm³/mol. The molecule has 2 heterocycles. The molecule has 17 heavy (non-hydrogen) atoms. The molecule has 7 nitrogen and oxygen atoms in total. The number of aromatic nitrogens is 4. The standard InChI is InChI=1S/C10H12N6O/c1-5-14-6(2)16(15-5)10-8(9(12)17)3-7(11)4-13-10/h3-4H,11H2,1-2H3,(H2,12,17). The zero-order valence-corrected chi connectivity index (χ0v) is 9.51. The van der Waals surface area contributed by atoms with Crippen LogP contribution in [0.4, 0.5) is 5.69 Å². The molecule has 7 heteroatoms. The molecule has 0 spiro atoms. The Hall–Kier alpha value is -2.44. The summed E-state index contributed by atoms with van der Waals surface area (Å²) in [5.41, 5.74) is 11.4. The van der Waals surface area contributed by atoms with Gasteiger partial charge in [0.15, 0.2) is 5.82 Å². The number of nitrogens with zero attached hydrogens (tertiary/aromatic N) is 4. The monoisotopic (exact) mass is 232 g/mol. The summed E-state index contributed by atoms with van der Waals surface area (Å²) < 4.78 is 1.47. The number of nitrogens with two attached hydrogens (primary N) is 2. The van der Waals surface area contributed by atoms with Crippen molar-refractivity contribution in [2.24, 2.45) is 5.73 Å². The minimum atomic E-state index is -0.604. The van der Waals surface area contributed by atoms with Gasteiger partial charge in [-0.1, -0.05) is 0 Å². The van der Waals surface area contributed by atoms with E-state index in [1.807, 2.05) is 0 Å². The Balaban J connectivity index is 2.67.